The first kappa shape index (κ1) is 10.6. The molecule has 4 heteroatoms. The van der Waals surface area contributed by atoms with Crippen LogP contribution < -0.4 is 5.73 Å². The largest absolute Gasteiger partial charge is 0.325 e. The second-order valence-corrected chi connectivity index (χ2v) is 4.60. The number of likely N-dealkylation sites (N-methyl/N-ethyl adjacent to an activating group) is 1. The van der Waals surface area contributed by atoms with E-state index in [1.807, 2.05) is 0 Å². The third-order valence-electron chi connectivity index (χ3n) is 3.05. The van der Waals surface area contributed by atoms with Gasteiger partial charge >= 0.3 is 0 Å². The lowest BCUT2D eigenvalue weighted by atomic mass is 10.0. The number of nitrogens with zero attached hydrogens (tertiary/aromatic N) is 3. The molecule has 1 aromatic rings. The zero-order valence-corrected chi connectivity index (χ0v) is 9.82. The summed E-state index contributed by atoms with van der Waals surface area (Å²) in [5, 5.41) is 4.67. The minimum Gasteiger partial charge on any atom is -0.325 e. The summed E-state index contributed by atoms with van der Waals surface area (Å²) in [4.78, 5) is 2.31. The van der Waals surface area contributed by atoms with Crippen LogP contribution in [0.1, 0.15) is 36.8 Å². The van der Waals surface area contributed by atoms with E-state index in [0.717, 1.165) is 19.5 Å². The molecule has 0 radical (unpaired) electrons. The van der Waals surface area contributed by atoms with Gasteiger partial charge in [0.2, 0.25) is 0 Å². The molecule has 1 aliphatic rings. The molecule has 2 rings (SSSR count). The minimum atomic E-state index is 0.402. The van der Waals surface area contributed by atoms with Crippen LogP contribution in [0.2, 0.25) is 0 Å². The summed E-state index contributed by atoms with van der Waals surface area (Å²) in [5.74, 6) is 0. The molecule has 0 amide bonds. The first-order valence-corrected chi connectivity index (χ1v) is 5.61. The third-order valence-corrected chi connectivity index (χ3v) is 3.05. The molecule has 0 saturated heterocycles. The summed E-state index contributed by atoms with van der Waals surface area (Å²) < 4.78 is 2.09. The fraction of sp³-hybridized carbons (Fsp3) is 0.727. The first-order valence-electron chi connectivity index (χ1n) is 5.61. The van der Waals surface area contributed by atoms with Crippen LogP contribution in [0, 0.1) is 0 Å². The van der Waals surface area contributed by atoms with E-state index in [4.69, 9.17) is 5.73 Å². The molecule has 0 bridgehead atoms. The zero-order valence-electron chi connectivity index (χ0n) is 9.82. The van der Waals surface area contributed by atoms with Gasteiger partial charge in [0.15, 0.2) is 0 Å². The van der Waals surface area contributed by atoms with E-state index < -0.39 is 0 Å². The predicted molar refractivity (Wildman–Crippen MR) is 60.5 cm³/mol. The molecule has 2 N–H and O–H groups in total. The van der Waals surface area contributed by atoms with Crippen molar-refractivity contribution in [2.75, 3.05) is 13.6 Å². The summed E-state index contributed by atoms with van der Waals surface area (Å²) in [6, 6.07) is 0.402. The molecule has 4 nitrogen and oxygen atoms in total. The summed E-state index contributed by atoms with van der Waals surface area (Å²) in [6.45, 7) is 6.98. The Bertz CT molecular complexity index is 354. The van der Waals surface area contributed by atoms with Gasteiger partial charge in [-0.15, -0.1) is 0 Å². The normalized spacial score (nSPS) is 17.1. The van der Waals surface area contributed by atoms with E-state index in [9.17, 15) is 0 Å². The standard InChI is InChI=1S/C11H20N4/c1-8(2)15-11(6-12)9-4-5-14(3)7-10(9)13-15/h8H,4-7,12H2,1-3H3. The summed E-state index contributed by atoms with van der Waals surface area (Å²) >= 11 is 0. The molecule has 0 fully saturated rings. The van der Waals surface area contributed by atoms with Gasteiger partial charge in [-0.25, -0.2) is 0 Å². The highest BCUT2D eigenvalue weighted by atomic mass is 15.3. The molecule has 1 aliphatic heterocycles. The molecule has 0 spiro atoms. The van der Waals surface area contributed by atoms with Crippen molar-refractivity contribution in [3.63, 3.8) is 0 Å². The number of nitrogens with two attached hydrogens (primary N) is 1. The Morgan fingerprint density at radius 3 is 2.80 bits per heavy atom. The lowest BCUT2D eigenvalue weighted by molar-refractivity contribution is 0.307. The average Bonchev–Trinajstić information content (AvgIpc) is 2.55. The Balaban J connectivity index is 2.43. The summed E-state index contributed by atoms with van der Waals surface area (Å²) in [7, 11) is 2.14. The van der Waals surface area contributed by atoms with Gasteiger partial charge in [-0.2, -0.15) is 5.10 Å². The van der Waals surface area contributed by atoms with Crippen molar-refractivity contribution in [2.45, 2.75) is 39.4 Å². The number of fused-ring (bicyclic) bond motifs is 1. The maximum absolute atomic E-state index is 5.82. The Hall–Kier alpha value is -0.870. The van der Waals surface area contributed by atoms with E-state index >= 15 is 0 Å². The van der Waals surface area contributed by atoms with E-state index in [1.54, 1.807) is 0 Å². The first-order chi connectivity index (χ1) is 7.13. The van der Waals surface area contributed by atoms with Crippen molar-refractivity contribution in [3.8, 4) is 0 Å². The van der Waals surface area contributed by atoms with Gasteiger partial charge in [0.1, 0.15) is 0 Å². The smallest absolute Gasteiger partial charge is 0.0800 e. The second kappa shape index (κ2) is 3.94. The van der Waals surface area contributed by atoms with Crippen LogP contribution in [0.15, 0.2) is 0 Å². The molecule has 0 aliphatic carbocycles. The van der Waals surface area contributed by atoms with Crippen LogP contribution in [0.4, 0.5) is 0 Å². The van der Waals surface area contributed by atoms with Crippen LogP contribution in [0.25, 0.3) is 0 Å². The Morgan fingerprint density at radius 2 is 2.20 bits per heavy atom. The predicted octanol–water partition coefficient (Wildman–Crippen LogP) is 0.911. The molecule has 2 heterocycles. The van der Waals surface area contributed by atoms with Gasteiger partial charge in [-0.1, -0.05) is 0 Å². The molecule has 0 saturated carbocycles. The fourth-order valence-corrected chi connectivity index (χ4v) is 2.25. The number of aromatic nitrogens is 2. The van der Waals surface area contributed by atoms with E-state index in [2.05, 4.69) is 35.6 Å². The molecular weight excluding hydrogens is 188 g/mol. The third kappa shape index (κ3) is 1.79. The highest BCUT2D eigenvalue weighted by Crippen LogP contribution is 2.23. The van der Waals surface area contributed by atoms with Gasteiger partial charge < -0.3 is 10.6 Å². The van der Waals surface area contributed by atoms with Gasteiger partial charge in [0.25, 0.3) is 0 Å². The lowest BCUT2D eigenvalue weighted by Gasteiger charge is -2.21. The van der Waals surface area contributed by atoms with Crippen LogP contribution in [-0.2, 0) is 19.5 Å². The highest BCUT2D eigenvalue weighted by Gasteiger charge is 2.22. The molecule has 0 aromatic carbocycles. The molecule has 84 valence electrons. The van der Waals surface area contributed by atoms with Crippen LogP contribution in [-0.4, -0.2) is 28.3 Å². The van der Waals surface area contributed by atoms with E-state index in [-0.39, 0.29) is 0 Å². The van der Waals surface area contributed by atoms with Crippen LogP contribution in [0.5, 0.6) is 0 Å². The second-order valence-electron chi connectivity index (χ2n) is 4.60. The maximum Gasteiger partial charge on any atom is 0.0800 e. The van der Waals surface area contributed by atoms with Gasteiger partial charge in [0, 0.05) is 31.2 Å². The number of rotatable bonds is 2. The number of hydrogen-bond acceptors (Lipinski definition) is 3. The Morgan fingerprint density at radius 1 is 1.47 bits per heavy atom. The monoisotopic (exact) mass is 208 g/mol. The number of hydrogen-bond donors (Lipinski definition) is 1. The summed E-state index contributed by atoms with van der Waals surface area (Å²) in [6.07, 6.45) is 1.09. The fourth-order valence-electron chi connectivity index (χ4n) is 2.25. The molecule has 0 unspecified atom stereocenters. The Kier molecular flexibility index (Phi) is 2.80. The van der Waals surface area contributed by atoms with Crippen LogP contribution in [0.3, 0.4) is 0 Å². The van der Waals surface area contributed by atoms with Crippen molar-refractivity contribution < 1.29 is 0 Å². The van der Waals surface area contributed by atoms with Crippen molar-refractivity contribution in [2.24, 2.45) is 5.73 Å². The molecule has 15 heavy (non-hydrogen) atoms. The minimum absolute atomic E-state index is 0.402. The highest BCUT2D eigenvalue weighted by molar-refractivity contribution is 5.29. The van der Waals surface area contributed by atoms with Crippen LogP contribution >= 0.6 is 0 Å². The summed E-state index contributed by atoms with van der Waals surface area (Å²) in [5.41, 5.74) is 9.66. The van der Waals surface area contributed by atoms with Gasteiger partial charge in [0.05, 0.1) is 11.4 Å². The lowest BCUT2D eigenvalue weighted by Crippen LogP contribution is -2.26. The SMILES string of the molecule is CC(C)n1nc2c(c1CN)CCN(C)C2. The molecular formula is C11H20N4. The van der Waals surface area contributed by atoms with Crippen molar-refractivity contribution in [3.05, 3.63) is 17.0 Å². The van der Waals surface area contributed by atoms with Crippen molar-refractivity contribution in [1.82, 2.24) is 14.7 Å². The van der Waals surface area contributed by atoms with Crippen molar-refractivity contribution in [1.29, 1.82) is 0 Å². The van der Waals surface area contributed by atoms with E-state index in [0.29, 0.717) is 12.6 Å². The molecule has 0 atom stereocenters. The Labute approximate surface area is 91.1 Å². The van der Waals surface area contributed by atoms with Crippen molar-refractivity contribution >= 4 is 0 Å². The van der Waals surface area contributed by atoms with Gasteiger partial charge in [-0.05, 0) is 27.3 Å². The quantitative estimate of drug-likeness (QED) is 0.786. The van der Waals surface area contributed by atoms with E-state index in [1.165, 1.54) is 17.0 Å². The zero-order chi connectivity index (χ0) is 11.0. The molecule has 1 aromatic heterocycles. The topological polar surface area (TPSA) is 47.1 Å². The van der Waals surface area contributed by atoms with Gasteiger partial charge in [-0.3, -0.25) is 4.68 Å². The average molecular weight is 208 g/mol. The maximum atomic E-state index is 5.82.